The molecule has 0 aliphatic heterocycles. The van der Waals surface area contributed by atoms with Gasteiger partial charge in [-0.05, 0) is 35.9 Å². The first-order valence-corrected chi connectivity index (χ1v) is 8.78. The summed E-state index contributed by atoms with van der Waals surface area (Å²) in [5.74, 6) is -2.22. The second-order valence-corrected chi connectivity index (χ2v) is 6.26. The van der Waals surface area contributed by atoms with Crippen molar-refractivity contribution >= 4 is 29.1 Å². The van der Waals surface area contributed by atoms with E-state index in [1.165, 1.54) is 28.8 Å². The van der Waals surface area contributed by atoms with E-state index in [9.17, 15) is 18.8 Å². The molecule has 0 saturated carbocycles. The molecule has 2 amide bonds. The molecule has 2 aromatic carbocycles. The summed E-state index contributed by atoms with van der Waals surface area (Å²) in [6, 6.07) is 13.9. The number of halogens is 1. The first-order valence-electron chi connectivity index (χ1n) is 8.78. The molecular weight excluding hydrogens is 375 g/mol. The molecule has 0 saturated heterocycles. The number of nitriles is 1. The summed E-state index contributed by atoms with van der Waals surface area (Å²) in [4.78, 5) is 36.4. The van der Waals surface area contributed by atoms with Gasteiger partial charge in [0.25, 0.3) is 5.91 Å². The van der Waals surface area contributed by atoms with Gasteiger partial charge in [-0.15, -0.1) is 0 Å². The van der Waals surface area contributed by atoms with Crippen molar-refractivity contribution in [2.75, 3.05) is 13.1 Å². The molecule has 0 bridgehead atoms. The number of rotatable bonds is 7. The number of fused-ring (bicyclic) bond motifs is 1. The van der Waals surface area contributed by atoms with Crippen LogP contribution in [0.15, 0.2) is 54.7 Å². The first-order chi connectivity index (χ1) is 14.0. The fourth-order valence-electron chi connectivity index (χ4n) is 3.09. The van der Waals surface area contributed by atoms with Gasteiger partial charge in [0.2, 0.25) is 12.3 Å². The predicted molar refractivity (Wildman–Crippen MR) is 104 cm³/mol. The van der Waals surface area contributed by atoms with E-state index in [4.69, 9.17) is 5.26 Å². The Labute approximate surface area is 165 Å². The Morgan fingerprint density at radius 1 is 1.14 bits per heavy atom. The van der Waals surface area contributed by atoms with Crippen LogP contribution in [0.25, 0.3) is 10.9 Å². The molecule has 0 aliphatic rings. The van der Waals surface area contributed by atoms with Crippen LogP contribution in [0.4, 0.5) is 4.39 Å². The third-order valence-electron chi connectivity index (χ3n) is 4.49. The highest BCUT2D eigenvalue weighted by atomic mass is 19.1. The van der Waals surface area contributed by atoms with E-state index in [-0.39, 0.29) is 18.7 Å². The molecule has 1 unspecified atom stereocenters. The zero-order valence-electron chi connectivity index (χ0n) is 15.3. The molecule has 0 aliphatic carbocycles. The number of amides is 2. The molecule has 1 aromatic heterocycles. The molecule has 2 N–H and O–H groups in total. The third kappa shape index (κ3) is 4.30. The SMILES string of the molecule is N#CCNC(=O)C(CNC(=O)c1ccc(F)cc1)c1cn(C=O)c2ccccc12. The van der Waals surface area contributed by atoms with E-state index in [1.807, 2.05) is 6.07 Å². The number of benzene rings is 2. The van der Waals surface area contributed by atoms with Crippen molar-refractivity contribution < 1.29 is 18.8 Å². The van der Waals surface area contributed by atoms with Crippen molar-refractivity contribution in [3.05, 3.63) is 71.7 Å². The van der Waals surface area contributed by atoms with Crippen molar-refractivity contribution in [2.45, 2.75) is 5.92 Å². The molecule has 3 rings (SSSR count). The summed E-state index contributed by atoms with van der Waals surface area (Å²) in [5, 5.41) is 14.6. The fourth-order valence-corrected chi connectivity index (χ4v) is 3.09. The molecule has 1 heterocycles. The van der Waals surface area contributed by atoms with Crippen molar-refractivity contribution in [1.29, 1.82) is 5.26 Å². The van der Waals surface area contributed by atoms with Gasteiger partial charge in [0.1, 0.15) is 12.4 Å². The lowest BCUT2D eigenvalue weighted by molar-refractivity contribution is -0.122. The van der Waals surface area contributed by atoms with E-state index in [0.717, 1.165) is 0 Å². The quantitative estimate of drug-likeness (QED) is 0.474. The highest BCUT2D eigenvalue weighted by Crippen LogP contribution is 2.27. The van der Waals surface area contributed by atoms with Gasteiger partial charge >= 0.3 is 0 Å². The molecule has 29 heavy (non-hydrogen) atoms. The lowest BCUT2D eigenvalue weighted by atomic mass is 9.97. The summed E-state index contributed by atoms with van der Waals surface area (Å²) in [5.41, 5.74) is 1.42. The number of nitrogens with zero attached hydrogens (tertiary/aromatic N) is 2. The smallest absolute Gasteiger partial charge is 0.251 e. The number of carbonyl (C=O) groups is 3. The number of para-hydroxylation sites is 1. The summed E-state index contributed by atoms with van der Waals surface area (Å²) >= 11 is 0. The molecule has 7 nitrogen and oxygen atoms in total. The van der Waals surface area contributed by atoms with Crippen LogP contribution in [0.3, 0.4) is 0 Å². The summed E-state index contributed by atoms with van der Waals surface area (Å²) in [6.45, 7) is -0.256. The molecule has 0 fully saturated rings. The van der Waals surface area contributed by atoms with Crippen LogP contribution in [-0.4, -0.2) is 35.9 Å². The van der Waals surface area contributed by atoms with Gasteiger partial charge in [0, 0.05) is 23.7 Å². The predicted octanol–water partition coefficient (Wildman–Crippen LogP) is 1.97. The van der Waals surface area contributed by atoms with E-state index in [1.54, 1.807) is 30.5 Å². The van der Waals surface area contributed by atoms with Crippen LogP contribution in [0.5, 0.6) is 0 Å². The highest BCUT2D eigenvalue weighted by molar-refractivity contribution is 5.97. The van der Waals surface area contributed by atoms with Crippen LogP contribution in [0.2, 0.25) is 0 Å². The monoisotopic (exact) mass is 392 g/mol. The van der Waals surface area contributed by atoms with Crippen molar-refractivity contribution in [2.24, 2.45) is 0 Å². The number of carbonyl (C=O) groups excluding carboxylic acids is 3. The summed E-state index contributed by atoms with van der Waals surface area (Å²) < 4.78 is 14.4. The maximum Gasteiger partial charge on any atom is 0.251 e. The number of hydrogen-bond donors (Lipinski definition) is 2. The van der Waals surface area contributed by atoms with Gasteiger partial charge < -0.3 is 10.6 Å². The Kier molecular flexibility index (Phi) is 6.00. The second-order valence-electron chi connectivity index (χ2n) is 6.26. The van der Waals surface area contributed by atoms with Gasteiger partial charge in [-0.3, -0.25) is 19.0 Å². The minimum absolute atomic E-state index is 0.0691. The van der Waals surface area contributed by atoms with Crippen LogP contribution >= 0.6 is 0 Å². The molecule has 8 heteroatoms. The van der Waals surface area contributed by atoms with Gasteiger partial charge in [0.15, 0.2) is 0 Å². The summed E-state index contributed by atoms with van der Waals surface area (Å²) in [7, 11) is 0. The van der Waals surface area contributed by atoms with Crippen molar-refractivity contribution in [1.82, 2.24) is 15.2 Å². The minimum atomic E-state index is -0.834. The van der Waals surface area contributed by atoms with Crippen LogP contribution in [0, 0.1) is 17.1 Å². The van der Waals surface area contributed by atoms with E-state index in [2.05, 4.69) is 10.6 Å². The van der Waals surface area contributed by atoms with Gasteiger partial charge in [-0.2, -0.15) is 5.26 Å². The Morgan fingerprint density at radius 3 is 2.55 bits per heavy atom. The van der Waals surface area contributed by atoms with Crippen LogP contribution < -0.4 is 10.6 Å². The summed E-state index contributed by atoms with van der Waals surface area (Å²) in [6.07, 6.45) is 2.17. The van der Waals surface area contributed by atoms with Crippen LogP contribution in [0.1, 0.15) is 21.8 Å². The zero-order valence-corrected chi connectivity index (χ0v) is 15.3. The van der Waals surface area contributed by atoms with Gasteiger partial charge in [0.05, 0.1) is 17.5 Å². The highest BCUT2D eigenvalue weighted by Gasteiger charge is 2.25. The van der Waals surface area contributed by atoms with E-state index < -0.39 is 23.5 Å². The number of aromatic nitrogens is 1. The standard InChI is InChI=1S/C21H17FN4O3/c22-15-7-5-14(6-8-15)20(28)25-11-17(21(29)24-10-9-23)18-12-26(13-27)19-4-2-1-3-16(18)19/h1-8,12-13,17H,10-11H2,(H,24,29)(H,25,28). The molecule has 0 radical (unpaired) electrons. The van der Waals surface area contributed by atoms with Crippen LogP contribution in [-0.2, 0) is 9.59 Å². The fraction of sp³-hybridized carbons (Fsp3) is 0.143. The Bertz CT molecular complexity index is 1100. The second kappa shape index (κ2) is 8.80. The number of nitrogens with one attached hydrogen (secondary N) is 2. The lowest BCUT2D eigenvalue weighted by Gasteiger charge is -2.16. The lowest BCUT2D eigenvalue weighted by Crippen LogP contribution is -2.37. The molecular formula is C21H17FN4O3. The topological polar surface area (TPSA) is 104 Å². The maximum absolute atomic E-state index is 13.1. The van der Waals surface area contributed by atoms with E-state index >= 15 is 0 Å². The largest absolute Gasteiger partial charge is 0.351 e. The molecule has 0 spiro atoms. The zero-order chi connectivity index (χ0) is 20.8. The minimum Gasteiger partial charge on any atom is -0.351 e. The average molecular weight is 392 g/mol. The first kappa shape index (κ1) is 19.8. The number of hydrogen-bond acceptors (Lipinski definition) is 4. The van der Waals surface area contributed by atoms with Gasteiger partial charge in [-0.1, -0.05) is 18.2 Å². The molecule has 1 atom stereocenters. The molecule has 3 aromatic rings. The molecule has 146 valence electrons. The normalized spacial score (nSPS) is 11.4. The Morgan fingerprint density at radius 2 is 1.86 bits per heavy atom. The van der Waals surface area contributed by atoms with Gasteiger partial charge in [-0.25, -0.2) is 4.39 Å². The average Bonchev–Trinajstić information content (AvgIpc) is 3.11. The third-order valence-corrected chi connectivity index (χ3v) is 4.49. The maximum atomic E-state index is 13.1. The van der Waals surface area contributed by atoms with Crippen molar-refractivity contribution in [3.8, 4) is 6.07 Å². The Balaban J connectivity index is 1.90. The van der Waals surface area contributed by atoms with E-state index in [0.29, 0.717) is 22.9 Å². The van der Waals surface area contributed by atoms with Crippen molar-refractivity contribution in [3.63, 3.8) is 0 Å². The Hall–Kier alpha value is -3.99.